The average molecular weight is 184 g/mol. The Labute approximate surface area is 84.1 Å². The highest BCUT2D eigenvalue weighted by atomic mass is 15.1. The molecule has 0 fully saturated rings. The van der Waals surface area contributed by atoms with Crippen molar-refractivity contribution < 1.29 is 0 Å². The van der Waals surface area contributed by atoms with Gasteiger partial charge in [0.1, 0.15) is 6.07 Å². The number of nitriles is 1. The lowest BCUT2D eigenvalue weighted by Crippen LogP contribution is -2.27. The van der Waals surface area contributed by atoms with Gasteiger partial charge in [-0.15, -0.1) is 0 Å². The molecule has 2 rings (SSSR count). The largest absolute Gasteiger partial charge is 0.366 e. The van der Waals surface area contributed by atoms with Crippen LogP contribution in [-0.4, -0.2) is 13.1 Å². The fraction of sp³-hybridized carbons (Fsp3) is 0.250. The molecule has 1 aromatic rings. The molecule has 0 saturated carbocycles. The van der Waals surface area contributed by atoms with Gasteiger partial charge in [-0.2, -0.15) is 5.26 Å². The number of para-hydroxylation sites is 1. The summed E-state index contributed by atoms with van der Waals surface area (Å²) in [7, 11) is 0. The fourth-order valence-corrected chi connectivity index (χ4v) is 1.70. The lowest BCUT2D eigenvalue weighted by Gasteiger charge is -2.26. The van der Waals surface area contributed by atoms with Crippen LogP contribution >= 0.6 is 0 Å². The van der Waals surface area contributed by atoms with Crippen molar-refractivity contribution in [3.8, 4) is 6.07 Å². The molecule has 0 N–H and O–H groups in total. The van der Waals surface area contributed by atoms with E-state index in [1.165, 1.54) is 0 Å². The minimum atomic E-state index is 0.766. The minimum absolute atomic E-state index is 0.766. The van der Waals surface area contributed by atoms with Gasteiger partial charge in [-0.05, 0) is 18.6 Å². The zero-order chi connectivity index (χ0) is 9.80. The van der Waals surface area contributed by atoms with E-state index in [2.05, 4.69) is 23.1 Å². The summed E-state index contributed by atoms with van der Waals surface area (Å²) in [6.07, 6.45) is 5.41. The van der Waals surface area contributed by atoms with E-state index in [9.17, 15) is 0 Å². The Morgan fingerprint density at radius 3 is 2.79 bits per heavy atom. The Balaban J connectivity index is 2.31. The summed E-state index contributed by atoms with van der Waals surface area (Å²) in [4.78, 5) is 2.23. The van der Waals surface area contributed by atoms with Gasteiger partial charge in [0.25, 0.3) is 0 Å². The van der Waals surface area contributed by atoms with Gasteiger partial charge in [0, 0.05) is 13.1 Å². The minimum Gasteiger partial charge on any atom is -0.366 e. The highest BCUT2D eigenvalue weighted by Crippen LogP contribution is 2.21. The molecule has 2 nitrogen and oxygen atoms in total. The van der Waals surface area contributed by atoms with Crippen molar-refractivity contribution >= 4 is 5.69 Å². The third-order valence-electron chi connectivity index (χ3n) is 2.42. The van der Waals surface area contributed by atoms with Crippen molar-refractivity contribution in [1.29, 1.82) is 5.26 Å². The van der Waals surface area contributed by atoms with E-state index in [-0.39, 0.29) is 0 Å². The Hall–Kier alpha value is -1.75. The topological polar surface area (TPSA) is 27.0 Å². The van der Waals surface area contributed by atoms with Crippen LogP contribution < -0.4 is 4.90 Å². The molecule has 0 amide bonds. The first-order chi connectivity index (χ1) is 6.92. The van der Waals surface area contributed by atoms with Crippen LogP contribution in [0.2, 0.25) is 0 Å². The van der Waals surface area contributed by atoms with Crippen LogP contribution in [0.25, 0.3) is 0 Å². The number of hydrogen-bond acceptors (Lipinski definition) is 2. The van der Waals surface area contributed by atoms with E-state index in [1.54, 1.807) is 0 Å². The van der Waals surface area contributed by atoms with Gasteiger partial charge >= 0.3 is 0 Å². The highest BCUT2D eigenvalue weighted by molar-refractivity contribution is 5.59. The summed E-state index contributed by atoms with van der Waals surface area (Å²) in [6, 6.07) is 9.99. The summed E-state index contributed by atoms with van der Waals surface area (Å²) in [6.45, 7) is 1.92. The summed E-state index contributed by atoms with van der Waals surface area (Å²) >= 11 is 0. The summed E-state index contributed by atoms with van der Waals surface area (Å²) in [5.41, 5.74) is 1.82. The van der Waals surface area contributed by atoms with E-state index in [4.69, 9.17) is 5.26 Å². The van der Waals surface area contributed by atoms with E-state index >= 15 is 0 Å². The second-order valence-electron chi connectivity index (χ2n) is 3.34. The van der Waals surface area contributed by atoms with E-state index in [0.717, 1.165) is 30.8 Å². The first-order valence-corrected chi connectivity index (χ1v) is 4.81. The number of rotatable bonds is 1. The lowest BCUT2D eigenvalue weighted by molar-refractivity contribution is 0.820. The van der Waals surface area contributed by atoms with E-state index in [1.807, 2.05) is 24.3 Å². The normalized spacial score (nSPS) is 15.2. The van der Waals surface area contributed by atoms with Gasteiger partial charge in [0.2, 0.25) is 0 Å². The zero-order valence-electron chi connectivity index (χ0n) is 7.98. The number of anilines is 1. The molecule has 0 saturated heterocycles. The average Bonchev–Trinajstić information content (AvgIpc) is 2.30. The molecule has 1 aromatic carbocycles. The molecule has 0 aromatic heterocycles. The van der Waals surface area contributed by atoms with Crippen molar-refractivity contribution in [2.45, 2.75) is 6.42 Å². The monoisotopic (exact) mass is 184 g/mol. The lowest BCUT2D eigenvalue weighted by atomic mass is 10.1. The quantitative estimate of drug-likeness (QED) is 0.626. The Morgan fingerprint density at radius 2 is 2.07 bits per heavy atom. The molecule has 0 atom stereocenters. The van der Waals surface area contributed by atoms with E-state index in [0.29, 0.717) is 0 Å². The third kappa shape index (κ3) is 1.62. The molecule has 1 aliphatic rings. The molecule has 1 aliphatic heterocycles. The summed E-state index contributed by atoms with van der Waals surface area (Å²) < 4.78 is 0. The van der Waals surface area contributed by atoms with Crippen LogP contribution in [0.1, 0.15) is 12.0 Å². The van der Waals surface area contributed by atoms with Crippen molar-refractivity contribution in [2.75, 3.05) is 18.0 Å². The first kappa shape index (κ1) is 8.83. The molecular weight excluding hydrogens is 172 g/mol. The maximum Gasteiger partial charge on any atom is 0.101 e. The van der Waals surface area contributed by atoms with Crippen LogP contribution in [0.4, 0.5) is 5.69 Å². The highest BCUT2D eigenvalue weighted by Gasteiger charge is 2.10. The predicted molar refractivity (Wildman–Crippen MR) is 57.1 cm³/mol. The smallest absolute Gasteiger partial charge is 0.101 e. The summed E-state index contributed by atoms with van der Waals surface area (Å²) in [5.74, 6) is 0. The van der Waals surface area contributed by atoms with Crippen molar-refractivity contribution in [3.05, 3.63) is 42.0 Å². The number of hydrogen-bond donors (Lipinski definition) is 0. The predicted octanol–water partition coefficient (Wildman–Crippen LogP) is 2.32. The van der Waals surface area contributed by atoms with Gasteiger partial charge in [-0.25, -0.2) is 0 Å². The van der Waals surface area contributed by atoms with Gasteiger partial charge < -0.3 is 4.90 Å². The maximum absolute atomic E-state index is 8.95. The van der Waals surface area contributed by atoms with Crippen LogP contribution in [0.5, 0.6) is 0 Å². The molecule has 2 heteroatoms. The van der Waals surface area contributed by atoms with Crippen LogP contribution in [0.15, 0.2) is 36.4 Å². The third-order valence-corrected chi connectivity index (χ3v) is 2.42. The van der Waals surface area contributed by atoms with Crippen molar-refractivity contribution in [1.82, 2.24) is 0 Å². The van der Waals surface area contributed by atoms with Crippen molar-refractivity contribution in [2.24, 2.45) is 0 Å². The maximum atomic E-state index is 8.95. The van der Waals surface area contributed by atoms with Crippen LogP contribution in [0.3, 0.4) is 0 Å². The van der Waals surface area contributed by atoms with Crippen LogP contribution in [-0.2, 0) is 0 Å². The molecule has 0 bridgehead atoms. The SMILES string of the molecule is N#Cc1ccccc1N1CC=CCC1. The molecule has 14 heavy (non-hydrogen) atoms. The fourth-order valence-electron chi connectivity index (χ4n) is 1.70. The first-order valence-electron chi connectivity index (χ1n) is 4.81. The molecule has 70 valence electrons. The Morgan fingerprint density at radius 1 is 1.21 bits per heavy atom. The number of benzene rings is 1. The van der Waals surface area contributed by atoms with Gasteiger partial charge in [-0.1, -0.05) is 24.3 Å². The molecule has 1 heterocycles. The Bertz CT molecular complexity index is 388. The van der Waals surface area contributed by atoms with Crippen molar-refractivity contribution in [3.63, 3.8) is 0 Å². The molecule has 0 spiro atoms. The molecule has 0 aliphatic carbocycles. The second kappa shape index (κ2) is 3.97. The second-order valence-corrected chi connectivity index (χ2v) is 3.34. The zero-order valence-corrected chi connectivity index (χ0v) is 7.98. The summed E-state index contributed by atoms with van der Waals surface area (Å²) in [5, 5.41) is 8.95. The van der Waals surface area contributed by atoms with Gasteiger partial charge in [0.15, 0.2) is 0 Å². The van der Waals surface area contributed by atoms with Gasteiger partial charge in [0.05, 0.1) is 11.3 Å². The molecule has 0 unspecified atom stereocenters. The standard InChI is InChI=1S/C12H12N2/c13-10-11-6-2-3-7-12(11)14-8-4-1-5-9-14/h1-4,6-7H,5,8-9H2. The molecule has 0 radical (unpaired) electrons. The molecular formula is C12H12N2. The Kier molecular flexibility index (Phi) is 2.51. The van der Waals surface area contributed by atoms with Gasteiger partial charge in [-0.3, -0.25) is 0 Å². The number of nitrogens with zero attached hydrogens (tertiary/aromatic N) is 2. The van der Waals surface area contributed by atoms with Crippen LogP contribution in [0, 0.1) is 11.3 Å². The van der Waals surface area contributed by atoms with E-state index < -0.39 is 0 Å².